The number of carbonyl (C=O) groups excluding carboxylic acids is 1. The van der Waals surface area contributed by atoms with Gasteiger partial charge in [-0.2, -0.15) is 5.26 Å². The van der Waals surface area contributed by atoms with Gasteiger partial charge in [-0.25, -0.2) is 0 Å². The van der Waals surface area contributed by atoms with Crippen molar-refractivity contribution in [1.29, 1.82) is 5.26 Å². The summed E-state index contributed by atoms with van der Waals surface area (Å²) in [5, 5.41) is 13.5. The number of halogens is 2. The summed E-state index contributed by atoms with van der Waals surface area (Å²) in [6.45, 7) is 0. The normalized spacial score (nSPS) is 9.83. The lowest BCUT2D eigenvalue weighted by Gasteiger charge is -2.06. The zero-order valence-corrected chi connectivity index (χ0v) is 13.5. The SMILES string of the molecule is N#Cc1cc(Br)ccc1NC(=O)c1csc(I)c1. The molecule has 1 N–H and O–H groups in total. The summed E-state index contributed by atoms with van der Waals surface area (Å²) in [6.07, 6.45) is 0. The van der Waals surface area contributed by atoms with Gasteiger partial charge in [-0.1, -0.05) is 15.9 Å². The van der Waals surface area contributed by atoms with Gasteiger partial charge >= 0.3 is 0 Å². The number of rotatable bonds is 2. The van der Waals surface area contributed by atoms with E-state index in [0.717, 1.165) is 7.36 Å². The Morgan fingerprint density at radius 2 is 2.22 bits per heavy atom. The fourth-order valence-corrected chi connectivity index (χ4v) is 3.03. The van der Waals surface area contributed by atoms with E-state index in [1.165, 1.54) is 11.3 Å². The number of amides is 1. The maximum absolute atomic E-state index is 12.0. The predicted octanol–water partition coefficient (Wildman–Crippen LogP) is 4.24. The van der Waals surface area contributed by atoms with Crippen molar-refractivity contribution in [2.45, 2.75) is 0 Å². The molecule has 0 aliphatic carbocycles. The number of thiophene rings is 1. The minimum atomic E-state index is -0.201. The van der Waals surface area contributed by atoms with Crippen LogP contribution in [0, 0.1) is 14.2 Å². The zero-order valence-electron chi connectivity index (χ0n) is 8.91. The van der Waals surface area contributed by atoms with Crippen LogP contribution in [0.15, 0.2) is 34.1 Å². The summed E-state index contributed by atoms with van der Waals surface area (Å²) in [6, 6.07) is 9.03. The van der Waals surface area contributed by atoms with Crippen LogP contribution < -0.4 is 5.32 Å². The van der Waals surface area contributed by atoms with Crippen molar-refractivity contribution in [2.24, 2.45) is 0 Å². The first kappa shape index (κ1) is 13.5. The molecule has 0 fully saturated rings. The van der Waals surface area contributed by atoms with Crippen LogP contribution in [-0.4, -0.2) is 5.91 Å². The average molecular weight is 433 g/mol. The van der Waals surface area contributed by atoms with Gasteiger partial charge in [-0.15, -0.1) is 11.3 Å². The zero-order chi connectivity index (χ0) is 13.1. The van der Waals surface area contributed by atoms with Gasteiger partial charge < -0.3 is 5.32 Å². The number of nitrogens with one attached hydrogen (secondary N) is 1. The molecule has 0 radical (unpaired) electrons. The number of hydrogen-bond donors (Lipinski definition) is 1. The van der Waals surface area contributed by atoms with E-state index in [2.05, 4.69) is 49.9 Å². The van der Waals surface area contributed by atoms with Crippen LogP contribution in [0.5, 0.6) is 0 Å². The van der Waals surface area contributed by atoms with Gasteiger partial charge in [0.05, 0.1) is 19.7 Å². The molecule has 0 bridgehead atoms. The Bertz CT molecular complexity index is 648. The number of benzene rings is 1. The second kappa shape index (κ2) is 5.82. The van der Waals surface area contributed by atoms with E-state index in [1.54, 1.807) is 23.6 Å². The summed E-state index contributed by atoms with van der Waals surface area (Å²) in [4.78, 5) is 12.0. The molecule has 6 heteroatoms. The van der Waals surface area contributed by atoms with Crippen molar-refractivity contribution in [1.82, 2.24) is 0 Å². The fourth-order valence-electron chi connectivity index (χ4n) is 1.34. The fraction of sp³-hybridized carbons (Fsp3) is 0. The van der Waals surface area contributed by atoms with E-state index in [-0.39, 0.29) is 5.91 Å². The second-order valence-corrected chi connectivity index (χ2v) is 7.12. The third-order valence-electron chi connectivity index (χ3n) is 2.18. The highest BCUT2D eigenvalue weighted by Crippen LogP contribution is 2.22. The molecule has 2 aromatic rings. The van der Waals surface area contributed by atoms with Crippen molar-refractivity contribution in [3.8, 4) is 6.07 Å². The molecule has 1 heterocycles. The molecule has 0 aliphatic heterocycles. The topological polar surface area (TPSA) is 52.9 Å². The number of carbonyl (C=O) groups is 1. The van der Waals surface area contributed by atoms with E-state index in [4.69, 9.17) is 5.26 Å². The molecule has 0 atom stereocenters. The summed E-state index contributed by atoms with van der Waals surface area (Å²) in [5.74, 6) is -0.201. The third kappa shape index (κ3) is 3.10. The Hall–Kier alpha value is -0.910. The van der Waals surface area contributed by atoms with Gasteiger partial charge in [-0.3, -0.25) is 4.79 Å². The van der Waals surface area contributed by atoms with Crippen molar-refractivity contribution >= 4 is 61.5 Å². The molecular weight excluding hydrogens is 427 g/mol. The van der Waals surface area contributed by atoms with Crippen LogP contribution in [0.25, 0.3) is 0 Å². The van der Waals surface area contributed by atoms with Crippen LogP contribution >= 0.6 is 49.9 Å². The van der Waals surface area contributed by atoms with E-state index in [0.29, 0.717) is 16.8 Å². The lowest BCUT2D eigenvalue weighted by molar-refractivity contribution is 0.102. The molecule has 0 saturated heterocycles. The Morgan fingerprint density at radius 1 is 1.44 bits per heavy atom. The molecule has 0 saturated carbocycles. The number of hydrogen-bond acceptors (Lipinski definition) is 3. The van der Waals surface area contributed by atoms with Gasteiger partial charge in [0.2, 0.25) is 0 Å². The standard InChI is InChI=1S/C12H6BrIN2OS/c13-9-1-2-10(7(3-9)5-15)16-12(17)8-4-11(14)18-6-8/h1-4,6H,(H,16,17). The number of nitriles is 1. The van der Waals surface area contributed by atoms with E-state index < -0.39 is 0 Å². The van der Waals surface area contributed by atoms with Crippen LogP contribution in [0.4, 0.5) is 5.69 Å². The van der Waals surface area contributed by atoms with Crippen LogP contribution in [0.2, 0.25) is 0 Å². The summed E-state index contributed by atoms with van der Waals surface area (Å²) < 4.78 is 1.86. The Balaban J connectivity index is 2.25. The molecular formula is C12H6BrIN2OS. The third-order valence-corrected chi connectivity index (χ3v) is 4.46. The quantitative estimate of drug-likeness (QED) is 0.721. The van der Waals surface area contributed by atoms with Crippen molar-refractivity contribution in [3.63, 3.8) is 0 Å². The maximum atomic E-state index is 12.0. The van der Waals surface area contributed by atoms with E-state index in [1.807, 2.05) is 6.07 Å². The molecule has 0 aliphatic rings. The average Bonchev–Trinajstić information content (AvgIpc) is 2.78. The largest absolute Gasteiger partial charge is 0.321 e. The monoisotopic (exact) mass is 432 g/mol. The highest BCUT2D eigenvalue weighted by atomic mass is 127. The second-order valence-electron chi connectivity index (χ2n) is 3.40. The van der Waals surface area contributed by atoms with Gasteiger partial charge in [0.1, 0.15) is 6.07 Å². The maximum Gasteiger partial charge on any atom is 0.256 e. The first-order valence-corrected chi connectivity index (χ1v) is 7.60. The first-order valence-electron chi connectivity index (χ1n) is 4.85. The summed E-state index contributed by atoms with van der Waals surface area (Å²) in [7, 11) is 0. The molecule has 18 heavy (non-hydrogen) atoms. The Morgan fingerprint density at radius 3 is 2.83 bits per heavy atom. The highest BCUT2D eigenvalue weighted by molar-refractivity contribution is 14.1. The van der Waals surface area contributed by atoms with E-state index >= 15 is 0 Å². The molecule has 1 aromatic heterocycles. The molecule has 0 spiro atoms. The molecule has 1 amide bonds. The van der Waals surface area contributed by atoms with Crippen LogP contribution in [0.1, 0.15) is 15.9 Å². The van der Waals surface area contributed by atoms with Gasteiger partial charge in [-0.05, 0) is 46.9 Å². The number of nitrogens with zero attached hydrogens (tertiary/aromatic N) is 1. The molecule has 2 rings (SSSR count). The molecule has 3 nitrogen and oxygen atoms in total. The summed E-state index contributed by atoms with van der Waals surface area (Å²) in [5.41, 5.74) is 1.56. The van der Waals surface area contributed by atoms with Gasteiger partial charge in [0.25, 0.3) is 5.91 Å². The lowest BCUT2D eigenvalue weighted by atomic mass is 10.2. The van der Waals surface area contributed by atoms with Crippen molar-refractivity contribution < 1.29 is 4.79 Å². The summed E-state index contributed by atoms with van der Waals surface area (Å²) >= 11 is 6.96. The number of anilines is 1. The lowest BCUT2D eigenvalue weighted by Crippen LogP contribution is -2.11. The Labute approximate surface area is 130 Å². The molecule has 1 aromatic carbocycles. The smallest absolute Gasteiger partial charge is 0.256 e. The van der Waals surface area contributed by atoms with Crippen molar-refractivity contribution in [3.05, 3.63) is 48.1 Å². The predicted molar refractivity (Wildman–Crippen MR) is 83.8 cm³/mol. The van der Waals surface area contributed by atoms with Crippen molar-refractivity contribution in [2.75, 3.05) is 5.32 Å². The minimum absolute atomic E-state index is 0.201. The van der Waals surface area contributed by atoms with Crippen LogP contribution in [0.3, 0.4) is 0 Å². The Kier molecular flexibility index (Phi) is 4.37. The van der Waals surface area contributed by atoms with Gasteiger partial charge in [0, 0.05) is 9.85 Å². The van der Waals surface area contributed by atoms with E-state index in [9.17, 15) is 4.79 Å². The van der Waals surface area contributed by atoms with Crippen LogP contribution in [-0.2, 0) is 0 Å². The molecule has 90 valence electrons. The van der Waals surface area contributed by atoms with Gasteiger partial charge in [0.15, 0.2) is 0 Å². The minimum Gasteiger partial charge on any atom is -0.321 e. The highest BCUT2D eigenvalue weighted by Gasteiger charge is 2.10. The molecule has 0 unspecified atom stereocenters. The first-order chi connectivity index (χ1) is 8.60.